The van der Waals surface area contributed by atoms with Crippen LogP contribution in [0.2, 0.25) is 0 Å². The normalized spacial score (nSPS) is 21.1. The molecule has 17 rings (SSSR count). The fourth-order valence-corrected chi connectivity index (χ4v) is 24.8. The van der Waals surface area contributed by atoms with Crippen LogP contribution >= 0.6 is 45.3 Å². The number of thiazole rings is 4. The predicted octanol–water partition coefficient (Wildman–Crippen LogP) is 15.2. The van der Waals surface area contributed by atoms with Crippen LogP contribution in [-0.2, 0) is 14.6 Å². The van der Waals surface area contributed by atoms with Gasteiger partial charge in [0.1, 0.15) is 55.9 Å². The molecule has 9 N–H and O–H groups in total. The van der Waals surface area contributed by atoms with E-state index in [1.54, 1.807) is 37.3 Å². The minimum absolute atomic E-state index is 0.0485. The zero-order chi connectivity index (χ0) is 98.6. The van der Waals surface area contributed by atoms with E-state index in [1.165, 1.54) is 45.3 Å². The summed E-state index contributed by atoms with van der Waals surface area (Å²) >= 11 is 4.91. The van der Waals surface area contributed by atoms with Crippen molar-refractivity contribution in [2.75, 3.05) is 78.8 Å². The monoisotopic (exact) mass is 1970 g/mol. The number of nitrogens with zero attached hydrogens (tertiary/aromatic N) is 13. The van der Waals surface area contributed by atoms with Crippen LogP contribution in [0.25, 0.3) is 41.8 Å². The van der Waals surface area contributed by atoms with Gasteiger partial charge in [-0.15, -0.1) is 45.3 Å². The van der Waals surface area contributed by atoms with Crippen molar-refractivity contribution in [3.8, 4) is 41.8 Å². The van der Waals surface area contributed by atoms with Gasteiger partial charge < -0.3 is 76.7 Å². The molecule has 0 saturated carbocycles. The number of carbonyl (C=O) groups excluding carboxylic acids is 8. The van der Waals surface area contributed by atoms with Gasteiger partial charge >= 0.3 is 0 Å². The second-order valence-electron chi connectivity index (χ2n) is 40.8. The van der Waals surface area contributed by atoms with Crippen molar-refractivity contribution >= 4 is 126 Å². The van der Waals surface area contributed by atoms with Gasteiger partial charge in [-0.05, 0) is 273 Å². The van der Waals surface area contributed by atoms with E-state index in [-0.39, 0.29) is 147 Å². The molecule has 8 aromatic rings. The molecule has 9 fully saturated rings. The number of aromatic nitrogens is 8. The van der Waals surface area contributed by atoms with Crippen molar-refractivity contribution in [2.45, 2.75) is 323 Å². The number of hydrogen-bond acceptors (Lipinski definition) is 29. The number of aliphatic hydroxyl groups excluding tert-OH is 1. The van der Waals surface area contributed by atoms with E-state index in [0.29, 0.717) is 94.0 Å². The molecule has 4 bridgehead atoms. The van der Waals surface area contributed by atoms with Crippen LogP contribution < -0.4 is 37.2 Å². The first-order valence-electron chi connectivity index (χ1n) is 48.5. The topological polar surface area (TPSA) is 424 Å². The highest BCUT2D eigenvalue weighted by Crippen LogP contribution is 2.46. The highest BCUT2D eigenvalue weighted by atomic mass is 32.2. The maximum atomic E-state index is 13.8. The number of β-amino-alcohol motifs (C(OH)–C–C–N with tert-alkyl or cyclic N) is 1. The summed E-state index contributed by atoms with van der Waals surface area (Å²) in [7, 11) is -3.02. The number of likely N-dealkylation sites (tertiary alicyclic amines) is 3. The Morgan fingerprint density at radius 1 is 0.467 bits per heavy atom. The first-order chi connectivity index (χ1) is 64.9. The van der Waals surface area contributed by atoms with E-state index in [9.17, 15) is 57.0 Å². The third-order valence-electron chi connectivity index (χ3n) is 27.0. The highest BCUT2D eigenvalue weighted by molar-refractivity contribution is 7.91. The summed E-state index contributed by atoms with van der Waals surface area (Å²) < 4.78 is 29.0. The van der Waals surface area contributed by atoms with Crippen LogP contribution in [0.3, 0.4) is 0 Å². The lowest BCUT2D eigenvalue weighted by Gasteiger charge is -2.43. The number of rotatable bonds is 24. The number of hydrogen-bond donors (Lipinski definition) is 9. The van der Waals surface area contributed by atoms with Crippen LogP contribution in [0.15, 0.2) is 49.1 Å². The standard InChI is InChI=1S/C26H35N5O4S2.C26H35N5O3S.C24H33N5O3S.C23H33N5O3S/c1-4-16(3)28-21-13-15(2)20(14-27-21)23-22(26(33)31-18-5-6-19(31)8-7-18)30-25(36-23)24(32)29-17-9-11-37(34,35)12-10-17;1-4-16(3)28-21-13-15(2)20(14-27-21)23-22(26(33)31-18-5-6-19(31)8-7-18)30-25(35-23)24(32)29-17-9-11-34-12-10-17;1-14-10-17(27-23(3,4)5)25-11-16(14)19-18(21(30)29-9-7-8-15(29)2)26-20(33-19)22(31)28-12-24(6,32)13-28;1-13-10-17(27-23(4,5)6)24-11-16(13)19-18(22(31)28-9-7-8-15(28)3)26-21(32-19)20(30)25-14(2)12-29/h13-14,16-19H,4-12H2,1-3H3,(H,27,28)(H,29,32);13-14,16-19H,4-12H2,1-3H3,(H,27,28)(H,29,32);10-11,15,32H,7-9,12-13H2,1-6H3,(H,25,27);10-11,14-15,29H,7-9,12H2,1-6H3,(H,24,27)(H,25,30)/t2*16-,18?,19?;15-;14-,15+/m1101/s1. The minimum Gasteiger partial charge on any atom is -0.394 e. The number of carbonyl (C=O) groups is 8. The summed E-state index contributed by atoms with van der Waals surface area (Å²) in [6.07, 6.45) is 23.6. The molecule has 17 heterocycles. The Bertz CT molecular complexity index is 5830. The molecule has 137 heavy (non-hydrogen) atoms. The second-order valence-corrected chi connectivity index (χ2v) is 47.1. The zero-order valence-corrected chi connectivity index (χ0v) is 86.4. The molecule has 0 spiro atoms. The van der Waals surface area contributed by atoms with Gasteiger partial charge in [0.15, 0.2) is 20.0 Å². The Morgan fingerprint density at radius 3 is 1.12 bits per heavy atom. The number of anilines is 4. The van der Waals surface area contributed by atoms with Gasteiger partial charge in [-0.3, -0.25) is 38.4 Å². The molecule has 5 atom stereocenters. The van der Waals surface area contributed by atoms with Gasteiger partial charge in [0.2, 0.25) is 0 Å². The maximum Gasteiger partial charge on any atom is 0.283 e. The highest BCUT2D eigenvalue weighted by Gasteiger charge is 2.48. The molecule has 0 radical (unpaired) electrons. The molecule has 9 saturated heterocycles. The lowest BCUT2D eigenvalue weighted by atomic mass is 9.97. The molecule has 33 nitrogen and oxygen atoms in total. The summed E-state index contributed by atoms with van der Waals surface area (Å²) in [5.41, 5.74) is 7.26. The molecule has 740 valence electrons. The Balaban J connectivity index is 0.000000146. The van der Waals surface area contributed by atoms with Crippen molar-refractivity contribution < 1.29 is 61.7 Å². The Kier molecular flexibility index (Phi) is 32.5. The van der Waals surface area contributed by atoms with Crippen molar-refractivity contribution in [2.24, 2.45) is 0 Å². The van der Waals surface area contributed by atoms with Crippen LogP contribution in [0, 0.1) is 27.7 Å². The fraction of sp³-hybridized carbons (Fsp3) is 0.596. The van der Waals surface area contributed by atoms with Gasteiger partial charge in [-0.1, -0.05) is 13.8 Å². The van der Waals surface area contributed by atoms with Crippen molar-refractivity contribution in [1.82, 2.24) is 80.3 Å². The summed E-state index contributed by atoms with van der Waals surface area (Å²) in [5, 5.41) is 42.6. The van der Waals surface area contributed by atoms with Crippen LogP contribution in [0.5, 0.6) is 0 Å². The van der Waals surface area contributed by atoms with Crippen LogP contribution in [0.1, 0.15) is 316 Å². The average Bonchev–Trinajstić information content (AvgIpc) is 1.59. The SMILES string of the molecule is CC[C@@H](C)Nc1cc(C)c(-c2sc(C(=O)NC3CCOCC3)nc2C(=O)N2C3CCC2CC3)cn1.CC[C@@H](C)Nc1cc(C)c(-c2sc(C(=O)NC3CCS(=O)(=O)CC3)nc2C(=O)N2C3CCC2CC3)cn1.Cc1cc(NC(C)(C)C)ncc1-c1sc(C(=O)N2CC(C)(O)C2)nc1C(=O)N1CCC[C@@H]1C.Cc1cc(NC(C)(C)C)ncc1-c1sc(C(=O)N[C@H](C)CO)nc1C(=O)N1CCC[C@@H]1C. The Hall–Kier alpha value is -10.1. The number of amides is 8. The first-order valence-corrected chi connectivity index (χ1v) is 53.6. The predicted molar refractivity (Wildman–Crippen MR) is 539 cm³/mol. The summed E-state index contributed by atoms with van der Waals surface area (Å²) in [5.74, 6) is 1.55. The molecule has 9 aliphatic rings. The number of fused-ring (bicyclic) bond motifs is 4. The Morgan fingerprint density at radius 2 is 0.796 bits per heavy atom. The number of aliphatic hydroxyl groups is 2. The average molecular weight is 1970 g/mol. The molecule has 8 amide bonds. The van der Waals surface area contributed by atoms with E-state index in [0.717, 1.165) is 175 Å². The van der Waals surface area contributed by atoms with E-state index in [1.807, 2.05) is 91.6 Å². The number of pyridine rings is 4. The zero-order valence-electron chi connectivity index (χ0n) is 82.3. The molecule has 9 aliphatic heterocycles. The van der Waals surface area contributed by atoms with Gasteiger partial charge in [0, 0.05) is 151 Å². The third-order valence-corrected chi connectivity index (χ3v) is 33.0. The van der Waals surface area contributed by atoms with Gasteiger partial charge in [-0.25, -0.2) is 48.3 Å². The number of aryl methyl sites for hydroxylation is 4. The van der Waals surface area contributed by atoms with Gasteiger partial charge in [0.05, 0.1) is 56.3 Å². The van der Waals surface area contributed by atoms with Crippen molar-refractivity contribution in [3.05, 3.63) is 114 Å². The lowest BCUT2D eigenvalue weighted by Crippen LogP contribution is -2.61. The first kappa shape index (κ1) is 103. The van der Waals surface area contributed by atoms with Gasteiger partial charge in [0.25, 0.3) is 47.3 Å². The number of nitrogens with one attached hydrogen (secondary N) is 7. The fourth-order valence-electron chi connectivity index (χ4n) is 19.2. The third kappa shape index (κ3) is 24.7. The maximum absolute atomic E-state index is 13.8. The van der Waals surface area contributed by atoms with Crippen LogP contribution in [0.4, 0.5) is 23.3 Å². The minimum atomic E-state index is -3.02. The smallest absolute Gasteiger partial charge is 0.283 e. The molecular weight excluding hydrogens is 1840 g/mol. The van der Waals surface area contributed by atoms with Crippen molar-refractivity contribution in [3.63, 3.8) is 0 Å². The quantitative estimate of drug-likeness (QED) is 0.0271. The van der Waals surface area contributed by atoms with Crippen LogP contribution in [-0.4, -0.2) is 271 Å². The Labute approximate surface area is 820 Å². The molecule has 0 aliphatic carbocycles. The lowest BCUT2D eigenvalue weighted by molar-refractivity contribution is -0.0668. The second kappa shape index (κ2) is 43.3. The molecule has 8 aromatic heterocycles. The molecule has 38 heteroatoms. The van der Waals surface area contributed by atoms with Gasteiger partial charge in [-0.2, -0.15) is 0 Å². The van der Waals surface area contributed by atoms with E-state index >= 15 is 0 Å². The summed E-state index contributed by atoms with van der Waals surface area (Å²) in [6, 6.07) is 9.31. The summed E-state index contributed by atoms with van der Waals surface area (Å²) in [4.78, 5) is 155. The van der Waals surface area contributed by atoms with E-state index < -0.39 is 27.4 Å². The molecule has 0 aromatic carbocycles. The number of sulfone groups is 1. The largest absolute Gasteiger partial charge is 0.394 e. The van der Waals surface area contributed by atoms with E-state index in [4.69, 9.17) is 4.74 Å². The number of ether oxygens (including phenoxy) is 1. The summed E-state index contributed by atoms with van der Waals surface area (Å²) in [6.45, 7) is 39.3. The molecular formula is C99H136N20O13S5. The molecule has 0 unspecified atom stereocenters. The van der Waals surface area contributed by atoms with Crippen molar-refractivity contribution in [1.29, 1.82) is 0 Å². The van der Waals surface area contributed by atoms with E-state index in [2.05, 4.69) is 146 Å².